The number of H-pyrrole nitrogens is 1. The third-order valence-electron chi connectivity index (χ3n) is 4.15. The predicted molar refractivity (Wildman–Crippen MR) is 108 cm³/mol. The van der Waals surface area contributed by atoms with Gasteiger partial charge in [-0.15, -0.1) is 0 Å². The van der Waals surface area contributed by atoms with Crippen molar-refractivity contribution >= 4 is 40.8 Å². The predicted octanol–water partition coefficient (Wildman–Crippen LogP) is -2.30. The Labute approximate surface area is 172 Å². The summed E-state index contributed by atoms with van der Waals surface area (Å²) < 4.78 is 0. The summed E-state index contributed by atoms with van der Waals surface area (Å²) in [6, 6.07) is 6.85. The lowest BCUT2D eigenvalue weighted by molar-refractivity contribution is -0.128. The SMILES string of the molecule is NCC(=O)NCC(=O)NCC(=O)NCC(=O)N[C@H](C=O)Cc1c[nH]c2ccccc12. The molecule has 0 saturated heterocycles. The zero-order valence-corrected chi connectivity index (χ0v) is 16.2. The van der Waals surface area contributed by atoms with Gasteiger partial charge in [-0.05, 0) is 11.6 Å². The lowest BCUT2D eigenvalue weighted by Crippen LogP contribution is -2.46. The lowest BCUT2D eigenvalue weighted by atomic mass is 10.1. The van der Waals surface area contributed by atoms with Gasteiger partial charge in [-0.1, -0.05) is 18.2 Å². The van der Waals surface area contributed by atoms with E-state index in [1.54, 1.807) is 6.20 Å². The maximum absolute atomic E-state index is 12.0. The first kappa shape index (κ1) is 22.6. The maximum atomic E-state index is 12.0. The minimum absolute atomic E-state index is 0.245. The molecule has 0 fully saturated rings. The van der Waals surface area contributed by atoms with Gasteiger partial charge in [0.05, 0.1) is 32.2 Å². The molecule has 7 N–H and O–H groups in total. The van der Waals surface area contributed by atoms with Crippen molar-refractivity contribution in [2.24, 2.45) is 5.73 Å². The van der Waals surface area contributed by atoms with Crippen molar-refractivity contribution in [3.63, 3.8) is 0 Å². The van der Waals surface area contributed by atoms with Crippen LogP contribution in [-0.4, -0.2) is 67.1 Å². The van der Waals surface area contributed by atoms with E-state index in [0.29, 0.717) is 12.7 Å². The molecule has 160 valence electrons. The summed E-state index contributed by atoms with van der Waals surface area (Å²) in [6.07, 6.45) is 2.73. The Bertz CT molecular complexity index is 925. The average Bonchev–Trinajstić information content (AvgIpc) is 3.16. The number of amides is 4. The fraction of sp³-hybridized carbons (Fsp3) is 0.316. The second kappa shape index (κ2) is 11.3. The van der Waals surface area contributed by atoms with Gasteiger partial charge in [-0.3, -0.25) is 19.2 Å². The number of hydrogen-bond acceptors (Lipinski definition) is 6. The van der Waals surface area contributed by atoms with E-state index < -0.39 is 29.7 Å². The van der Waals surface area contributed by atoms with E-state index >= 15 is 0 Å². The Morgan fingerprint density at radius 2 is 1.53 bits per heavy atom. The number of benzene rings is 1. The number of rotatable bonds is 11. The molecule has 0 aliphatic carbocycles. The molecule has 2 rings (SSSR count). The van der Waals surface area contributed by atoms with Crippen molar-refractivity contribution in [1.29, 1.82) is 0 Å². The normalized spacial score (nSPS) is 11.4. The first-order chi connectivity index (χ1) is 14.4. The summed E-state index contributed by atoms with van der Waals surface area (Å²) in [5, 5.41) is 10.4. The van der Waals surface area contributed by atoms with Crippen molar-refractivity contribution < 1.29 is 24.0 Å². The van der Waals surface area contributed by atoms with Crippen LogP contribution in [0.1, 0.15) is 5.56 Å². The Hall–Kier alpha value is -3.73. The van der Waals surface area contributed by atoms with Crippen molar-refractivity contribution in [2.45, 2.75) is 12.5 Å². The number of nitrogens with one attached hydrogen (secondary N) is 5. The lowest BCUT2D eigenvalue weighted by Gasteiger charge is -2.13. The number of para-hydroxylation sites is 1. The van der Waals surface area contributed by atoms with Gasteiger partial charge in [-0.2, -0.15) is 0 Å². The molecule has 0 saturated carbocycles. The largest absolute Gasteiger partial charge is 0.361 e. The van der Waals surface area contributed by atoms with Gasteiger partial charge < -0.3 is 36.8 Å². The zero-order valence-electron chi connectivity index (χ0n) is 16.2. The number of fused-ring (bicyclic) bond motifs is 1. The second-order valence-corrected chi connectivity index (χ2v) is 6.41. The van der Waals surface area contributed by atoms with Crippen LogP contribution in [0.15, 0.2) is 30.5 Å². The highest BCUT2D eigenvalue weighted by Gasteiger charge is 2.15. The molecule has 1 aromatic carbocycles. The van der Waals surface area contributed by atoms with Crippen LogP contribution in [0.5, 0.6) is 0 Å². The molecule has 30 heavy (non-hydrogen) atoms. The van der Waals surface area contributed by atoms with Crippen LogP contribution in [0.2, 0.25) is 0 Å². The summed E-state index contributed by atoms with van der Waals surface area (Å²) in [7, 11) is 0. The molecule has 0 radical (unpaired) electrons. The van der Waals surface area contributed by atoms with Gasteiger partial charge in [0.15, 0.2) is 0 Å². The van der Waals surface area contributed by atoms with E-state index in [2.05, 4.69) is 26.3 Å². The Morgan fingerprint density at radius 1 is 0.933 bits per heavy atom. The molecule has 0 aliphatic rings. The molecule has 2 aromatic rings. The first-order valence-electron chi connectivity index (χ1n) is 9.22. The van der Waals surface area contributed by atoms with E-state index in [-0.39, 0.29) is 26.2 Å². The van der Waals surface area contributed by atoms with Gasteiger partial charge in [0.1, 0.15) is 6.29 Å². The number of carbonyl (C=O) groups excluding carboxylic acids is 5. The zero-order chi connectivity index (χ0) is 21.9. The van der Waals surface area contributed by atoms with Gasteiger partial charge in [0.25, 0.3) is 0 Å². The number of aldehydes is 1. The average molecular weight is 416 g/mol. The molecule has 0 unspecified atom stereocenters. The molecule has 1 atom stereocenters. The minimum atomic E-state index is -0.750. The van der Waals surface area contributed by atoms with Gasteiger partial charge >= 0.3 is 0 Å². The molecule has 1 heterocycles. The summed E-state index contributed by atoms with van der Waals surface area (Å²) in [6.45, 7) is -1.27. The number of carbonyl (C=O) groups is 5. The van der Waals surface area contributed by atoms with Crippen LogP contribution in [-0.2, 0) is 30.4 Å². The quantitative estimate of drug-likeness (QED) is 0.225. The summed E-state index contributed by atoms with van der Waals surface area (Å²) >= 11 is 0. The van der Waals surface area contributed by atoms with Gasteiger partial charge in [-0.25, -0.2) is 0 Å². The fourth-order valence-corrected chi connectivity index (χ4v) is 2.66. The van der Waals surface area contributed by atoms with Crippen molar-refractivity contribution in [3.05, 3.63) is 36.0 Å². The van der Waals surface area contributed by atoms with E-state index in [4.69, 9.17) is 5.73 Å². The summed E-state index contributed by atoms with van der Waals surface area (Å²) in [5.74, 6) is -2.20. The molecule has 0 spiro atoms. The molecule has 11 heteroatoms. The van der Waals surface area contributed by atoms with E-state index in [0.717, 1.165) is 16.5 Å². The van der Waals surface area contributed by atoms with Crippen LogP contribution in [0, 0.1) is 0 Å². The number of aromatic amines is 1. The van der Waals surface area contributed by atoms with Crippen molar-refractivity contribution in [3.8, 4) is 0 Å². The third kappa shape index (κ3) is 7.02. The smallest absolute Gasteiger partial charge is 0.239 e. The molecule has 4 amide bonds. The second-order valence-electron chi connectivity index (χ2n) is 6.41. The Morgan fingerprint density at radius 3 is 2.17 bits per heavy atom. The van der Waals surface area contributed by atoms with Crippen LogP contribution in [0.4, 0.5) is 0 Å². The molecule has 0 bridgehead atoms. The number of nitrogens with two attached hydrogens (primary N) is 1. The van der Waals surface area contributed by atoms with E-state index in [1.165, 1.54) is 0 Å². The third-order valence-corrected chi connectivity index (χ3v) is 4.15. The van der Waals surface area contributed by atoms with Crippen LogP contribution in [0.25, 0.3) is 10.9 Å². The van der Waals surface area contributed by atoms with Crippen LogP contribution < -0.4 is 27.0 Å². The highest BCUT2D eigenvalue weighted by Crippen LogP contribution is 2.18. The Balaban J connectivity index is 1.72. The molecular weight excluding hydrogens is 392 g/mol. The highest BCUT2D eigenvalue weighted by molar-refractivity contribution is 5.90. The standard InChI is InChI=1S/C19H24N6O5/c20-6-16(27)22-8-17(28)23-9-18(29)24-10-19(30)25-13(11-26)5-12-7-21-15-4-2-1-3-14(12)15/h1-4,7,11,13,21H,5-6,8-10,20H2,(H,22,27)(H,23,28)(H,24,29)(H,25,30)/t13-/m0/s1. The molecule has 11 nitrogen and oxygen atoms in total. The van der Waals surface area contributed by atoms with Crippen LogP contribution >= 0.6 is 0 Å². The van der Waals surface area contributed by atoms with Gasteiger partial charge in [0.2, 0.25) is 23.6 Å². The highest BCUT2D eigenvalue weighted by atomic mass is 16.2. The topological polar surface area (TPSA) is 175 Å². The van der Waals surface area contributed by atoms with Crippen molar-refractivity contribution in [1.82, 2.24) is 26.3 Å². The summed E-state index contributed by atoms with van der Waals surface area (Å²) in [4.78, 5) is 60.6. The number of hydrogen-bond donors (Lipinski definition) is 6. The van der Waals surface area contributed by atoms with Gasteiger partial charge in [0, 0.05) is 23.5 Å². The molecule has 0 aliphatic heterocycles. The molecule has 1 aromatic heterocycles. The minimum Gasteiger partial charge on any atom is -0.361 e. The maximum Gasteiger partial charge on any atom is 0.239 e. The van der Waals surface area contributed by atoms with E-state index in [1.807, 2.05) is 24.3 Å². The monoisotopic (exact) mass is 416 g/mol. The van der Waals surface area contributed by atoms with Crippen molar-refractivity contribution in [2.75, 3.05) is 26.2 Å². The first-order valence-corrected chi connectivity index (χ1v) is 9.22. The Kier molecular flexibility index (Phi) is 8.51. The van der Waals surface area contributed by atoms with E-state index in [9.17, 15) is 24.0 Å². The number of aromatic nitrogens is 1. The van der Waals surface area contributed by atoms with Crippen LogP contribution in [0.3, 0.4) is 0 Å². The molecular formula is C19H24N6O5. The summed E-state index contributed by atoms with van der Waals surface area (Å²) in [5.41, 5.74) is 6.90. The fourth-order valence-electron chi connectivity index (χ4n) is 2.66.